The van der Waals surface area contributed by atoms with Crippen LogP contribution in [0.25, 0.3) is 0 Å². The summed E-state index contributed by atoms with van der Waals surface area (Å²) >= 11 is 0. The van der Waals surface area contributed by atoms with Crippen molar-refractivity contribution >= 4 is 47.8 Å². The number of carboxylic acids is 8. The van der Waals surface area contributed by atoms with Gasteiger partial charge in [0.15, 0.2) is 0 Å². The van der Waals surface area contributed by atoms with E-state index in [0.717, 1.165) is 34.9 Å². The van der Waals surface area contributed by atoms with Crippen LogP contribution in [-0.4, -0.2) is 153 Å². The minimum atomic E-state index is -0.900. The van der Waals surface area contributed by atoms with Gasteiger partial charge in [-0.1, -0.05) is 70.9 Å². The van der Waals surface area contributed by atoms with Gasteiger partial charge >= 0.3 is 47.8 Å². The van der Waals surface area contributed by atoms with Crippen LogP contribution in [0.3, 0.4) is 0 Å². The zero-order chi connectivity index (χ0) is 54.7. The summed E-state index contributed by atoms with van der Waals surface area (Å²) in [4.78, 5) is 79.8. The number of carboxylic acid groups (broad SMARTS) is 8. The fourth-order valence-electron chi connectivity index (χ4n) is 2.34. The van der Waals surface area contributed by atoms with Gasteiger partial charge in [-0.05, 0) is 74.7 Å². The normalized spacial score (nSPS) is 10.7. The molecule has 0 rings (SSSR count). The van der Waals surface area contributed by atoms with Crippen molar-refractivity contribution in [3.63, 3.8) is 0 Å². The number of rotatable bonds is 17. The van der Waals surface area contributed by atoms with Crippen LogP contribution < -0.4 is 24.8 Å². The molecule has 0 saturated heterocycles. The molecule has 0 aliphatic carbocycles. The Hall–Kier alpha value is -5.82. The smallest absolute Gasteiger partial charge is 0.330 e. The van der Waals surface area contributed by atoms with Crippen LogP contribution in [0.5, 0.6) is 0 Å². The van der Waals surface area contributed by atoms with E-state index < -0.39 is 47.8 Å². The van der Waals surface area contributed by atoms with Gasteiger partial charge < -0.3 is 74.6 Å². The lowest BCUT2D eigenvalue weighted by Crippen LogP contribution is -3.00. The molecule has 0 atom stereocenters. The summed E-state index contributed by atoms with van der Waals surface area (Å²) in [6.07, 6.45) is 11.4. The van der Waals surface area contributed by atoms with Gasteiger partial charge in [-0.15, -0.1) is 0 Å². The molecule has 0 unspecified atom stereocenters. The zero-order valence-electron chi connectivity index (χ0n) is 43.5. The minimum Gasteiger partial charge on any atom is -1.00 e. The van der Waals surface area contributed by atoms with Crippen molar-refractivity contribution in [1.29, 1.82) is 0 Å². The molecule has 0 aliphatic heterocycles. The van der Waals surface area contributed by atoms with Gasteiger partial charge in [-0.3, -0.25) is 0 Å². The largest absolute Gasteiger partial charge is 1.00 e. The van der Waals surface area contributed by atoms with Gasteiger partial charge in [0.25, 0.3) is 0 Å². The molecule has 8 N–H and O–H groups in total. The van der Waals surface area contributed by atoms with Gasteiger partial charge in [0.05, 0.1) is 55.4 Å². The van der Waals surface area contributed by atoms with Crippen molar-refractivity contribution in [2.24, 2.45) is 0 Å². The Morgan fingerprint density at radius 2 is 0.529 bits per heavy atom. The van der Waals surface area contributed by atoms with E-state index in [2.05, 4.69) is 62.0 Å². The molecule has 0 fully saturated rings. The molecule has 0 bridgehead atoms. The van der Waals surface area contributed by atoms with E-state index >= 15 is 0 Å². The molecule has 0 spiro atoms. The second kappa shape index (κ2) is 50.6. The highest BCUT2D eigenvalue weighted by Gasteiger charge is 2.07. The van der Waals surface area contributed by atoms with Crippen LogP contribution >= 0.6 is 0 Å². The Morgan fingerprint density at radius 3 is 0.588 bits per heavy atom. The third kappa shape index (κ3) is 77.4. The van der Waals surface area contributed by atoms with Crippen molar-refractivity contribution in [2.45, 2.75) is 108 Å². The molecule has 68 heavy (non-hydrogen) atoms. The maximum atomic E-state index is 10.4. The fraction of sp³-hybridized carbons (Fsp3) is 0.500. The number of hydrogen-bond acceptors (Lipinski definition) is 8. The van der Waals surface area contributed by atoms with Crippen LogP contribution in [-0.2, 0) is 38.4 Å². The summed E-state index contributed by atoms with van der Waals surface area (Å²) in [5.74, 6) is -6.88. The van der Waals surface area contributed by atoms with Gasteiger partial charge in [-0.25, -0.2) is 38.4 Å². The molecule has 0 heterocycles. The molecule has 18 nitrogen and oxygen atoms in total. The van der Waals surface area contributed by atoms with Crippen LogP contribution in [0.2, 0.25) is 0 Å². The highest BCUT2D eigenvalue weighted by atomic mass is 35.5. The Kier molecular flexibility index (Phi) is 63.6. The molecule has 0 amide bonds. The highest BCUT2D eigenvalue weighted by molar-refractivity contribution is 5.88. The van der Waals surface area contributed by atoms with Gasteiger partial charge in [0.2, 0.25) is 0 Å². The minimum absolute atomic E-state index is 0. The third-order valence-electron chi connectivity index (χ3n) is 7.67. The van der Waals surface area contributed by atoms with Gasteiger partial charge in [-0.2, -0.15) is 0 Å². The first-order chi connectivity index (χ1) is 29.7. The number of halogens is 2. The summed E-state index contributed by atoms with van der Waals surface area (Å²) < 4.78 is 1.73. The van der Waals surface area contributed by atoms with E-state index in [0.29, 0.717) is 47.1 Å². The van der Waals surface area contributed by atoms with Crippen molar-refractivity contribution in [2.75, 3.05) is 55.4 Å². The average Bonchev–Trinajstić information content (AvgIpc) is 3.21. The van der Waals surface area contributed by atoms with Crippen molar-refractivity contribution in [3.05, 3.63) is 94.7 Å². The standard InChI is InChI=1S/2C9H17NO2.6C5H8O2.2ClH/c2*1-8(9(11)12)6-5-7-10(2,3)4;6*1-3-4(2)5(6)7;;/h2*6H,5,7H2,1-4H3;3*3H,1-2H3,(H,6,7);3*2-3H2,1H3,(H,6,7);2*1H. The monoisotopic (exact) mass is 1010 g/mol. The molecule has 0 aromatic carbocycles. The van der Waals surface area contributed by atoms with E-state index in [1.807, 2.05) is 0 Å². The van der Waals surface area contributed by atoms with Crippen LogP contribution in [0, 0.1) is 0 Å². The quantitative estimate of drug-likeness (QED) is 0.0767. The number of quaternary nitrogens is 2. The van der Waals surface area contributed by atoms with Crippen molar-refractivity contribution in [3.8, 4) is 0 Å². The number of carbonyl (C=O) groups is 8. The number of allylic oxidation sites excluding steroid dienone is 3. The molecule has 0 aromatic heterocycles. The summed E-state index contributed by atoms with van der Waals surface area (Å²) in [5.41, 5.74) is 2.83. The summed E-state index contributed by atoms with van der Waals surface area (Å²) in [5, 5.41) is 65.7. The van der Waals surface area contributed by atoms with Crippen LogP contribution in [0.15, 0.2) is 94.7 Å². The first kappa shape index (κ1) is 85.5. The number of hydrogen-bond donors (Lipinski definition) is 8. The second-order valence-electron chi connectivity index (χ2n) is 15.6. The average molecular weight is 1020 g/mol. The molecule has 0 aliphatic rings. The van der Waals surface area contributed by atoms with Crippen molar-refractivity contribution in [1.82, 2.24) is 0 Å². The lowest BCUT2D eigenvalue weighted by Gasteiger charge is -2.22. The van der Waals surface area contributed by atoms with Gasteiger partial charge in [0, 0.05) is 57.4 Å². The molecule has 396 valence electrons. The summed E-state index contributed by atoms with van der Waals surface area (Å²) in [6.45, 7) is 30.0. The number of nitrogens with zero attached hydrogens (tertiary/aromatic N) is 2. The lowest BCUT2D eigenvalue weighted by atomic mass is 10.2. The summed E-state index contributed by atoms with van der Waals surface area (Å²) in [7, 11) is 12.5. The van der Waals surface area contributed by atoms with Gasteiger partial charge in [0.1, 0.15) is 0 Å². The third-order valence-corrected chi connectivity index (χ3v) is 7.67. The Morgan fingerprint density at radius 1 is 0.368 bits per heavy atom. The Labute approximate surface area is 417 Å². The maximum Gasteiger partial charge on any atom is 0.330 e. The highest BCUT2D eigenvalue weighted by Crippen LogP contribution is 2.01. The van der Waals surface area contributed by atoms with E-state index in [1.165, 1.54) is 0 Å². The SMILES string of the molecule is C=C(CC)C(=O)O.C=C(CC)C(=O)O.C=C(CC)C(=O)O.CC(=CCC[N+](C)(C)C)C(=O)O.CC(=CCC[N+](C)(C)C)C(=O)O.CC=C(C)C(=O)O.CC=C(C)C(=O)O.CC=C(C)C(=O)O.[Cl-].[Cl-]. The zero-order valence-corrected chi connectivity index (χ0v) is 45.0. The molecule has 0 radical (unpaired) electrons. The first-order valence-electron chi connectivity index (χ1n) is 20.5. The fourth-order valence-corrected chi connectivity index (χ4v) is 2.34. The maximum absolute atomic E-state index is 10.4. The predicted octanol–water partition coefficient (Wildman–Crippen LogP) is 2.46. The molecule has 0 aromatic rings. The molecular formula is C48H84Cl2N2O16. The number of aliphatic carboxylic acids is 8. The molecular weight excluding hydrogens is 931 g/mol. The molecule has 0 saturated carbocycles. The topological polar surface area (TPSA) is 298 Å². The summed E-state index contributed by atoms with van der Waals surface area (Å²) in [6, 6.07) is 0. The van der Waals surface area contributed by atoms with Crippen LogP contribution in [0.1, 0.15) is 108 Å². The lowest BCUT2D eigenvalue weighted by molar-refractivity contribution is -0.869. The van der Waals surface area contributed by atoms with E-state index in [4.69, 9.17) is 40.9 Å². The second-order valence-corrected chi connectivity index (χ2v) is 15.6. The first-order valence-corrected chi connectivity index (χ1v) is 20.5. The van der Waals surface area contributed by atoms with E-state index in [1.54, 1.807) is 107 Å². The predicted molar refractivity (Wildman–Crippen MR) is 260 cm³/mol. The Bertz CT molecular complexity index is 1550. The van der Waals surface area contributed by atoms with Crippen LogP contribution in [0.4, 0.5) is 0 Å². The van der Waals surface area contributed by atoms with E-state index in [-0.39, 0.29) is 41.5 Å². The van der Waals surface area contributed by atoms with Crippen molar-refractivity contribution < 1.29 is 113 Å². The van der Waals surface area contributed by atoms with E-state index in [9.17, 15) is 38.4 Å². The molecule has 20 heteroatoms. The Balaban J connectivity index is -0.0000000713.